The summed E-state index contributed by atoms with van der Waals surface area (Å²) < 4.78 is 36.2. The van der Waals surface area contributed by atoms with E-state index in [1.807, 2.05) is 6.92 Å². The fourth-order valence-electron chi connectivity index (χ4n) is 1.24. The lowest BCUT2D eigenvalue weighted by Crippen LogP contribution is -2.17. The summed E-state index contributed by atoms with van der Waals surface area (Å²) in [4.78, 5) is 0.209. The van der Waals surface area contributed by atoms with E-state index < -0.39 is 5.51 Å². The maximum atomic E-state index is 12.1. The molecule has 1 aromatic carbocycles. The second-order valence-corrected chi connectivity index (χ2v) is 4.52. The number of halogens is 4. The van der Waals surface area contributed by atoms with Gasteiger partial charge in [-0.3, -0.25) is 0 Å². The molecule has 0 aliphatic carbocycles. The van der Waals surface area contributed by atoms with E-state index in [-0.39, 0.29) is 35.1 Å². The molecule has 0 heterocycles. The fraction of sp³-hybridized carbons (Fsp3) is 0.400. The Morgan fingerprint density at radius 3 is 2.50 bits per heavy atom. The summed E-state index contributed by atoms with van der Waals surface area (Å²) in [5.41, 5.74) is 2.18. The SMILES string of the molecule is CC(N)Cc1cccc(SC(F)(F)F)c1.Cl. The zero-order valence-corrected chi connectivity index (χ0v) is 10.3. The minimum Gasteiger partial charge on any atom is -0.328 e. The summed E-state index contributed by atoms with van der Waals surface area (Å²) in [5, 5.41) is 0. The number of benzene rings is 1. The normalized spacial score (nSPS) is 13.1. The Bertz CT molecular complexity index is 328. The summed E-state index contributed by atoms with van der Waals surface area (Å²) in [6.45, 7) is 1.82. The summed E-state index contributed by atoms with van der Waals surface area (Å²) >= 11 is -0.0988. The molecule has 0 fully saturated rings. The lowest BCUT2D eigenvalue weighted by molar-refractivity contribution is -0.0328. The van der Waals surface area contributed by atoms with Crippen LogP contribution in [0.3, 0.4) is 0 Å². The van der Waals surface area contributed by atoms with Crippen LogP contribution in [0.1, 0.15) is 12.5 Å². The summed E-state index contributed by atoms with van der Waals surface area (Å²) in [5.74, 6) is 0. The third kappa shape index (κ3) is 6.25. The van der Waals surface area contributed by atoms with Gasteiger partial charge in [0.15, 0.2) is 0 Å². The van der Waals surface area contributed by atoms with Crippen molar-refractivity contribution < 1.29 is 13.2 Å². The Morgan fingerprint density at radius 1 is 1.38 bits per heavy atom. The number of hydrogen-bond donors (Lipinski definition) is 1. The second-order valence-electron chi connectivity index (χ2n) is 3.38. The molecule has 1 atom stereocenters. The van der Waals surface area contributed by atoms with Gasteiger partial charge >= 0.3 is 5.51 Å². The zero-order chi connectivity index (χ0) is 11.5. The number of hydrogen-bond acceptors (Lipinski definition) is 2. The van der Waals surface area contributed by atoms with Gasteiger partial charge < -0.3 is 5.73 Å². The molecule has 0 spiro atoms. The number of alkyl halides is 3. The molecule has 0 saturated carbocycles. The predicted octanol–water partition coefficient (Wildman–Crippen LogP) is 3.61. The number of thioether (sulfide) groups is 1. The molecule has 6 heteroatoms. The average molecular weight is 272 g/mol. The molecular formula is C10H13ClF3NS. The van der Waals surface area contributed by atoms with E-state index in [0.717, 1.165) is 5.56 Å². The molecule has 1 rings (SSSR count). The van der Waals surface area contributed by atoms with Crippen LogP contribution in [0.15, 0.2) is 29.2 Å². The fourth-order valence-corrected chi connectivity index (χ4v) is 1.87. The van der Waals surface area contributed by atoms with Gasteiger partial charge in [-0.2, -0.15) is 13.2 Å². The molecule has 0 aliphatic rings. The lowest BCUT2D eigenvalue weighted by Gasteiger charge is -2.08. The first kappa shape index (κ1) is 15.6. The van der Waals surface area contributed by atoms with Crippen molar-refractivity contribution in [3.05, 3.63) is 29.8 Å². The van der Waals surface area contributed by atoms with Gasteiger partial charge in [-0.1, -0.05) is 12.1 Å². The summed E-state index contributed by atoms with van der Waals surface area (Å²) in [7, 11) is 0. The first-order valence-corrected chi connectivity index (χ1v) is 5.29. The van der Waals surface area contributed by atoms with Crippen LogP contribution in [0.2, 0.25) is 0 Å². The van der Waals surface area contributed by atoms with Crippen LogP contribution < -0.4 is 5.73 Å². The maximum absolute atomic E-state index is 12.1. The van der Waals surface area contributed by atoms with E-state index in [2.05, 4.69) is 0 Å². The largest absolute Gasteiger partial charge is 0.446 e. The van der Waals surface area contributed by atoms with Gasteiger partial charge in [0, 0.05) is 10.9 Å². The molecule has 2 N–H and O–H groups in total. The Kier molecular flexibility index (Phi) is 6.22. The maximum Gasteiger partial charge on any atom is 0.446 e. The van der Waals surface area contributed by atoms with Crippen LogP contribution in [0.4, 0.5) is 13.2 Å². The van der Waals surface area contributed by atoms with Crippen LogP contribution in [0.25, 0.3) is 0 Å². The quantitative estimate of drug-likeness (QED) is 0.850. The highest BCUT2D eigenvalue weighted by Gasteiger charge is 2.29. The van der Waals surface area contributed by atoms with Gasteiger partial charge in [0.2, 0.25) is 0 Å². The molecule has 0 bridgehead atoms. The molecular weight excluding hydrogens is 259 g/mol. The summed E-state index contributed by atoms with van der Waals surface area (Å²) in [6.07, 6.45) is 0.590. The van der Waals surface area contributed by atoms with Crippen molar-refractivity contribution in [2.75, 3.05) is 0 Å². The van der Waals surface area contributed by atoms with Crippen LogP contribution in [0.5, 0.6) is 0 Å². The predicted molar refractivity (Wildman–Crippen MR) is 63.0 cm³/mol. The van der Waals surface area contributed by atoms with Gasteiger partial charge in [-0.05, 0) is 42.8 Å². The molecule has 0 radical (unpaired) electrons. The third-order valence-electron chi connectivity index (χ3n) is 1.69. The van der Waals surface area contributed by atoms with Crippen molar-refractivity contribution >= 4 is 24.2 Å². The highest BCUT2D eigenvalue weighted by Crippen LogP contribution is 2.36. The van der Waals surface area contributed by atoms with E-state index in [1.54, 1.807) is 12.1 Å². The van der Waals surface area contributed by atoms with Crippen molar-refractivity contribution in [1.82, 2.24) is 0 Å². The number of nitrogens with two attached hydrogens (primary N) is 1. The molecule has 0 saturated heterocycles. The van der Waals surface area contributed by atoms with Gasteiger partial charge in [0.25, 0.3) is 0 Å². The van der Waals surface area contributed by atoms with E-state index in [9.17, 15) is 13.2 Å². The molecule has 0 amide bonds. The van der Waals surface area contributed by atoms with E-state index in [1.165, 1.54) is 12.1 Å². The van der Waals surface area contributed by atoms with Crippen molar-refractivity contribution in [3.8, 4) is 0 Å². The van der Waals surface area contributed by atoms with E-state index in [0.29, 0.717) is 6.42 Å². The molecule has 0 aliphatic heterocycles. The first-order chi connectivity index (χ1) is 6.87. The molecule has 16 heavy (non-hydrogen) atoms. The van der Waals surface area contributed by atoms with E-state index in [4.69, 9.17) is 5.73 Å². The second kappa shape index (κ2) is 6.37. The van der Waals surface area contributed by atoms with Crippen molar-refractivity contribution in [3.63, 3.8) is 0 Å². The van der Waals surface area contributed by atoms with Gasteiger partial charge in [0.05, 0.1) is 0 Å². The minimum absolute atomic E-state index is 0. The number of rotatable bonds is 3. The van der Waals surface area contributed by atoms with Crippen molar-refractivity contribution in [2.24, 2.45) is 5.73 Å². The van der Waals surface area contributed by atoms with Crippen molar-refractivity contribution in [1.29, 1.82) is 0 Å². The van der Waals surface area contributed by atoms with Gasteiger partial charge in [-0.25, -0.2) is 0 Å². The highest BCUT2D eigenvalue weighted by atomic mass is 35.5. The topological polar surface area (TPSA) is 26.0 Å². The standard InChI is InChI=1S/C10H12F3NS.ClH/c1-7(14)5-8-3-2-4-9(6-8)15-10(11,12)13;/h2-4,6-7H,5,14H2,1H3;1H. The van der Waals surface area contributed by atoms with Gasteiger partial charge in [-0.15, -0.1) is 12.4 Å². The lowest BCUT2D eigenvalue weighted by atomic mass is 10.1. The Labute approximate surface area is 103 Å². The highest BCUT2D eigenvalue weighted by molar-refractivity contribution is 8.00. The smallest absolute Gasteiger partial charge is 0.328 e. The zero-order valence-electron chi connectivity index (χ0n) is 8.62. The van der Waals surface area contributed by atoms with Crippen LogP contribution in [-0.4, -0.2) is 11.6 Å². The van der Waals surface area contributed by atoms with Crippen LogP contribution >= 0.6 is 24.2 Å². The average Bonchev–Trinajstić information content (AvgIpc) is 1.99. The third-order valence-corrected chi connectivity index (χ3v) is 2.41. The Balaban J connectivity index is 0.00000225. The molecule has 1 unspecified atom stereocenters. The van der Waals surface area contributed by atoms with E-state index >= 15 is 0 Å². The molecule has 92 valence electrons. The minimum atomic E-state index is -4.23. The summed E-state index contributed by atoms with van der Waals surface area (Å²) in [6, 6.07) is 6.33. The first-order valence-electron chi connectivity index (χ1n) is 4.47. The van der Waals surface area contributed by atoms with Gasteiger partial charge in [0.1, 0.15) is 0 Å². The molecule has 0 aromatic heterocycles. The van der Waals surface area contributed by atoms with Crippen LogP contribution in [0, 0.1) is 0 Å². The molecule has 1 nitrogen and oxygen atoms in total. The van der Waals surface area contributed by atoms with Crippen molar-refractivity contribution in [2.45, 2.75) is 29.8 Å². The van der Waals surface area contributed by atoms with Crippen LogP contribution in [-0.2, 0) is 6.42 Å². The Morgan fingerprint density at radius 2 is 2.00 bits per heavy atom. The monoisotopic (exact) mass is 271 g/mol. The Hall–Kier alpha value is -0.390. The molecule has 1 aromatic rings.